The average molecular weight is 178 g/mol. The number of hydrogen-bond donors (Lipinski definition) is 1. The Kier molecular flexibility index (Phi) is 2.45. The summed E-state index contributed by atoms with van der Waals surface area (Å²) >= 11 is 0. The molecule has 1 saturated carbocycles. The Morgan fingerprint density at radius 2 is 2.38 bits per heavy atom. The lowest BCUT2D eigenvalue weighted by molar-refractivity contribution is 0.191. The molecule has 13 heavy (non-hydrogen) atoms. The number of nitrogens with two attached hydrogens (primary N) is 1. The molecule has 2 rings (SSSR count). The zero-order chi connectivity index (χ0) is 9.10. The van der Waals surface area contributed by atoms with Gasteiger partial charge < -0.3 is 10.5 Å². The molecule has 1 aromatic heterocycles. The molecule has 0 aromatic carbocycles. The molecule has 70 valence electrons. The van der Waals surface area contributed by atoms with Crippen molar-refractivity contribution in [2.45, 2.75) is 31.4 Å². The summed E-state index contributed by atoms with van der Waals surface area (Å²) in [6, 6.07) is 3.98. The van der Waals surface area contributed by atoms with Crippen LogP contribution in [0.15, 0.2) is 24.5 Å². The number of pyridine rings is 1. The first-order valence-electron chi connectivity index (χ1n) is 4.68. The van der Waals surface area contributed by atoms with Crippen molar-refractivity contribution in [1.82, 2.24) is 4.98 Å². The van der Waals surface area contributed by atoms with Crippen LogP contribution in [0.25, 0.3) is 0 Å². The van der Waals surface area contributed by atoms with Crippen molar-refractivity contribution >= 4 is 0 Å². The molecule has 0 saturated heterocycles. The molecule has 0 spiro atoms. The van der Waals surface area contributed by atoms with Gasteiger partial charge in [-0.15, -0.1) is 0 Å². The second-order valence-corrected chi connectivity index (χ2v) is 3.44. The van der Waals surface area contributed by atoms with E-state index in [0.717, 1.165) is 18.6 Å². The number of ether oxygens (including phenoxy) is 1. The molecule has 1 aromatic rings. The second-order valence-electron chi connectivity index (χ2n) is 3.44. The average Bonchev–Trinajstić information content (AvgIpc) is 2.54. The molecule has 0 bridgehead atoms. The minimum atomic E-state index is 0.184. The van der Waals surface area contributed by atoms with Gasteiger partial charge in [-0.25, -0.2) is 0 Å². The van der Waals surface area contributed by atoms with Crippen molar-refractivity contribution in [3.8, 4) is 5.75 Å². The summed E-state index contributed by atoms with van der Waals surface area (Å²) < 4.78 is 5.70. The molecule has 1 aliphatic rings. The van der Waals surface area contributed by atoms with Crippen molar-refractivity contribution < 1.29 is 4.74 Å². The fourth-order valence-electron chi connectivity index (χ4n) is 1.69. The highest BCUT2D eigenvalue weighted by atomic mass is 16.5. The van der Waals surface area contributed by atoms with Gasteiger partial charge in [-0.2, -0.15) is 0 Å². The van der Waals surface area contributed by atoms with Gasteiger partial charge >= 0.3 is 0 Å². The first-order chi connectivity index (χ1) is 6.36. The van der Waals surface area contributed by atoms with E-state index in [-0.39, 0.29) is 12.1 Å². The van der Waals surface area contributed by atoms with Crippen LogP contribution in [0.3, 0.4) is 0 Å². The summed E-state index contributed by atoms with van der Waals surface area (Å²) in [6.45, 7) is 0. The van der Waals surface area contributed by atoms with Crippen LogP contribution in [0, 0.1) is 0 Å². The van der Waals surface area contributed by atoms with Gasteiger partial charge in [0.25, 0.3) is 0 Å². The molecule has 1 aliphatic carbocycles. The predicted octanol–water partition coefficient (Wildman–Crippen LogP) is 1.34. The van der Waals surface area contributed by atoms with Gasteiger partial charge in [-0.1, -0.05) is 0 Å². The topological polar surface area (TPSA) is 48.1 Å². The van der Waals surface area contributed by atoms with Crippen molar-refractivity contribution in [1.29, 1.82) is 0 Å². The number of nitrogens with zero attached hydrogens (tertiary/aromatic N) is 1. The standard InChI is InChI=1S/C10H14N2O/c11-9-4-1-5-10(9)13-8-3-2-6-12-7-8/h2-3,6-7,9-10H,1,4-5,11H2/t9-,10-/m0/s1. The monoisotopic (exact) mass is 178 g/mol. The maximum atomic E-state index is 5.88. The van der Waals surface area contributed by atoms with Crippen LogP contribution in [0.2, 0.25) is 0 Å². The molecule has 1 heterocycles. The molecular formula is C10H14N2O. The largest absolute Gasteiger partial charge is 0.487 e. The van der Waals surface area contributed by atoms with E-state index < -0.39 is 0 Å². The molecular weight excluding hydrogens is 164 g/mol. The van der Waals surface area contributed by atoms with Gasteiger partial charge in [-0.3, -0.25) is 4.98 Å². The number of aromatic nitrogens is 1. The van der Waals surface area contributed by atoms with Crippen LogP contribution in [-0.2, 0) is 0 Å². The van der Waals surface area contributed by atoms with Gasteiger partial charge in [0.1, 0.15) is 11.9 Å². The van der Waals surface area contributed by atoms with Gasteiger partial charge in [0.15, 0.2) is 0 Å². The quantitative estimate of drug-likeness (QED) is 0.743. The third-order valence-corrected chi connectivity index (χ3v) is 2.43. The normalized spacial score (nSPS) is 27.5. The molecule has 0 unspecified atom stereocenters. The highest BCUT2D eigenvalue weighted by Crippen LogP contribution is 2.22. The molecule has 0 aliphatic heterocycles. The molecule has 0 radical (unpaired) electrons. The van der Waals surface area contributed by atoms with Gasteiger partial charge in [0, 0.05) is 12.2 Å². The highest BCUT2D eigenvalue weighted by Gasteiger charge is 2.25. The van der Waals surface area contributed by atoms with Crippen LogP contribution in [0.4, 0.5) is 0 Å². The summed E-state index contributed by atoms with van der Waals surface area (Å²) in [5, 5.41) is 0. The van der Waals surface area contributed by atoms with Crippen molar-refractivity contribution in [2.75, 3.05) is 0 Å². The Balaban J connectivity index is 1.98. The van der Waals surface area contributed by atoms with Crippen molar-refractivity contribution in [3.05, 3.63) is 24.5 Å². The summed E-state index contributed by atoms with van der Waals surface area (Å²) in [6.07, 6.45) is 6.96. The van der Waals surface area contributed by atoms with E-state index in [4.69, 9.17) is 10.5 Å². The van der Waals surface area contributed by atoms with Crippen LogP contribution in [0.1, 0.15) is 19.3 Å². The summed E-state index contributed by atoms with van der Waals surface area (Å²) in [5.41, 5.74) is 5.88. The zero-order valence-electron chi connectivity index (χ0n) is 7.52. The van der Waals surface area contributed by atoms with E-state index in [9.17, 15) is 0 Å². The van der Waals surface area contributed by atoms with Gasteiger partial charge in [-0.05, 0) is 31.4 Å². The third-order valence-electron chi connectivity index (χ3n) is 2.43. The molecule has 3 heteroatoms. The lowest BCUT2D eigenvalue weighted by Gasteiger charge is -2.17. The van der Waals surface area contributed by atoms with Crippen LogP contribution >= 0.6 is 0 Å². The number of rotatable bonds is 2. The van der Waals surface area contributed by atoms with Crippen LogP contribution < -0.4 is 10.5 Å². The minimum Gasteiger partial charge on any atom is -0.487 e. The SMILES string of the molecule is N[C@H]1CCC[C@@H]1Oc1cccnc1. The number of hydrogen-bond acceptors (Lipinski definition) is 3. The molecule has 2 N–H and O–H groups in total. The molecule has 1 fully saturated rings. The first-order valence-corrected chi connectivity index (χ1v) is 4.68. The Morgan fingerprint density at radius 3 is 3.00 bits per heavy atom. The zero-order valence-corrected chi connectivity index (χ0v) is 7.52. The third kappa shape index (κ3) is 1.98. The lowest BCUT2D eigenvalue weighted by atomic mass is 10.2. The smallest absolute Gasteiger partial charge is 0.138 e. The lowest BCUT2D eigenvalue weighted by Crippen LogP contribution is -2.33. The predicted molar refractivity (Wildman–Crippen MR) is 50.5 cm³/mol. The van der Waals surface area contributed by atoms with Crippen LogP contribution in [0.5, 0.6) is 5.75 Å². The molecule has 0 amide bonds. The maximum Gasteiger partial charge on any atom is 0.138 e. The van der Waals surface area contributed by atoms with Crippen molar-refractivity contribution in [3.63, 3.8) is 0 Å². The van der Waals surface area contributed by atoms with E-state index in [0.29, 0.717) is 0 Å². The van der Waals surface area contributed by atoms with Crippen molar-refractivity contribution in [2.24, 2.45) is 5.73 Å². The highest BCUT2D eigenvalue weighted by molar-refractivity contribution is 5.16. The minimum absolute atomic E-state index is 0.184. The van der Waals surface area contributed by atoms with Gasteiger partial charge in [0.2, 0.25) is 0 Å². The second kappa shape index (κ2) is 3.75. The van der Waals surface area contributed by atoms with E-state index >= 15 is 0 Å². The Morgan fingerprint density at radius 1 is 1.46 bits per heavy atom. The Labute approximate surface area is 77.9 Å². The maximum absolute atomic E-state index is 5.88. The van der Waals surface area contributed by atoms with Crippen LogP contribution in [-0.4, -0.2) is 17.1 Å². The molecule has 3 nitrogen and oxygen atoms in total. The van der Waals surface area contributed by atoms with E-state index in [1.807, 2.05) is 12.1 Å². The fourth-order valence-corrected chi connectivity index (χ4v) is 1.69. The first kappa shape index (κ1) is 8.51. The molecule has 2 atom stereocenters. The fraction of sp³-hybridized carbons (Fsp3) is 0.500. The van der Waals surface area contributed by atoms with E-state index in [2.05, 4.69) is 4.98 Å². The van der Waals surface area contributed by atoms with E-state index in [1.54, 1.807) is 12.4 Å². The summed E-state index contributed by atoms with van der Waals surface area (Å²) in [5.74, 6) is 0.824. The Bertz CT molecular complexity index is 263. The summed E-state index contributed by atoms with van der Waals surface area (Å²) in [7, 11) is 0. The Hall–Kier alpha value is -1.09. The van der Waals surface area contributed by atoms with Gasteiger partial charge in [0.05, 0.1) is 6.20 Å². The van der Waals surface area contributed by atoms with E-state index in [1.165, 1.54) is 6.42 Å². The summed E-state index contributed by atoms with van der Waals surface area (Å²) in [4.78, 5) is 3.99.